The Morgan fingerprint density at radius 3 is 2.82 bits per heavy atom. The molecular weight excluding hydrogens is 234 g/mol. The molecule has 17 heavy (non-hydrogen) atoms. The summed E-state index contributed by atoms with van der Waals surface area (Å²) in [5, 5.41) is 10.2. The molecule has 0 bridgehead atoms. The fourth-order valence-corrected chi connectivity index (χ4v) is 2.35. The highest BCUT2D eigenvalue weighted by molar-refractivity contribution is 7.18. The molecule has 0 saturated heterocycles. The van der Waals surface area contributed by atoms with Crippen molar-refractivity contribution in [1.82, 2.24) is 15.2 Å². The second-order valence-electron chi connectivity index (χ2n) is 3.75. The molecule has 5 nitrogen and oxygen atoms in total. The van der Waals surface area contributed by atoms with Crippen molar-refractivity contribution in [3.8, 4) is 10.7 Å². The lowest BCUT2D eigenvalue weighted by Crippen LogP contribution is -1.94. The molecule has 5 N–H and O–H groups in total. The van der Waals surface area contributed by atoms with Gasteiger partial charge in [-0.1, -0.05) is 17.4 Å². The van der Waals surface area contributed by atoms with Crippen molar-refractivity contribution in [3.63, 3.8) is 0 Å². The normalized spacial score (nSPS) is 11.1. The molecule has 0 fully saturated rings. The van der Waals surface area contributed by atoms with Gasteiger partial charge in [-0.05, 0) is 23.8 Å². The first-order chi connectivity index (χ1) is 8.26. The highest BCUT2D eigenvalue weighted by Gasteiger charge is 2.08. The van der Waals surface area contributed by atoms with Crippen LogP contribution in [-0.2, 0) is 6.54 Å². The lowest BCUT2D eigenvalue weighted by molar-refractivity contribution is 1.08. The minimum atomic E-state index is 0.473. The molecule has 0 aliphatic rings. The molecular formula is C11H11N5S. The number of hydrogen-bond donors (Lipinski definition) is 3. The third-order valence-electron chi connectivity index (χ3n) is 2.59. The number of aromatic nitrogens is 3. The maximum atomic E-state index is 5.62. The van der Waals surface area contributed by atoms with E-state index in [0.717, 1.165) is 27.2 Å². The number of benzene rings is 1. The monoisotopic (exact) mass is 245 g/mol. The molecule has 2 aromatic heterocycles. The fraction of sp³-hybridized carbons (Fsp3) is 0.0909. The number of anilines is 1. The van der Waals surface area contributed by atoms with Gasteiger partial charge in [-0.15, -0.1) is 10.2 Å². The zero-order chi connectivity index (χ0) is 11.8. The summed E-state index contributed by atoms with van der Waals surface area (Å²) in [6.45, 7) is 0.544. The Balaban J connectivity index is 2.13. The summed E-state index contributed by atoms with van der Waals surface area (Å²) in [5.41, 5.74) is 14.3. The van der Waals surface area contributed by atoms with Gasteiger partial charge in [0.05, 0.1) is 5.69 Å². The maximum absolute atomic E-state index is 5.62. The average Bonchev–Trinajstić information content (AvgIpc) is 2.93. The van der Waals surface area contributed by atoms with Gasteiger partial charge in [0.1, 0.15) is 0 Å². The largest absolute Gasteiger partial charge is 0.374 e. The van der Waals surface area contributed by atoms with E-state index in [1.165, 1.54) is 11.3 Å². The topological polar surface area (TPSA) is 93.6 Å². The van der Waals surface area contributed by atoms with Crippen LogP contribution in [0, 0.1) is 0 Å². The van der Waals surface area contributed by atoms with Crippen LogP contribution in [0.2, 0.25) is 0 Å². The average molecular weight is 245 g/mol. The van der Waals surface area contributed by atoms with Crippen LogP contribution in [-0.4, -0.2) is 15.2 Å². The van der Waals surface area contributed by atoms with E-state index in [1.54, 1.807) is 0 Å². The van der Waals surface area contributed by atoms with Crippen LogP contribution in [0.5, 0.6) is 0 Å². The van der Waals surface area contributed by atoms with Crippen molar-refractivity contribution < 1.29 is 0 Å². The van der Waals surface area contributed by atoms with Gasteiger partial charge in [0.25, 0.3) is 0 Å². The quantitative estimate of drug-likeness (QED) is 0.641. The molecule has 3 aromatic rings. The molecule has 0 amide bonds. The molecule has 0 aliphatic carbocycles. The van der Waals surface area contributed by atoms with Gasteiger partial charge in [0.2, 0.25) is 5.13 Å². The summed E-state index contributed by atoms with van der Waals surface area (Å²) in [6.07, 6.45) is 0. The lowest BCUT2D eigenvalue weighted by Gasteiger charge is -1.94. The van der Waals surface area contributed by atoms with Gasteiger partial charge in [0.15, 0.2) is 5.01 Å². The van der Waals surface area contributed by atoms with Crippen LogP contribution < -0.4 is 11.5 Å². The van der Waals surface area contributed by atoms with Gasteiger partial charge in [-0.3, -0.25) is 0 Å². The highest BCUT2D eigenvalue weighted by atomic mass is 32.1. The third-order valence-corrected chi connectivity index (χ3v) is 3.38. The zero-order valence-electron chi connectivity index (χ0n) is 8.97. The Bertz CT molecular complexity index is 669. The Labute approximate surface area is 101 Å². The zero-order valence-corrected chi connectivity index (χ0v) is 9.79. The number of nitrogens with one attached hydrogen (secondary N) is 1. The summed E-state index contributed by atoms with van der Waals surface area (Å²) in [6, 6.07) is 8.14. The molecule has 2 heterocycles. The first kappa shape index (κ1) is 10.2. The first-order valence-electron chi connectivity index (χ1n) is 5.17. The van der Waals surface area contributed by atoms with Gasteiger partial charge < -0.3 is 16.5 Å². The van der Waals surface area contributed by atoms with Crippen LogP contribution in [0.1, 0.15) is 5.56 Å². The number of fused-ring (bicyclic) bond motifs is 1. The van der Waals surface area contributed by atoms with Crippen molar-refractivity contribution in [3.05, 3.63) is 29.8 Å². The molecule has 6 heteroatoms. The number of nitrogen functional groups attached to an aromatic ring is 1. The number of rotatable bonds is 2. The van der Waals surface area contributed by atoms with Crippen LogP contribution in [0.25, 0.3) is 21.6 Å². The summed E-state index contributed by atoms with van der Waals surface area (Å²) in [5.74, 6) is 0. The second-order valence-corrected chi connectivity index (χ2v) is 4.76. The van der Waals surface area contributed by atoms with Crippen molar-refractivity contribution in [2.75, 3.05) is 5.73 Å². The number of nitrogens with zero attached hydrogens (tertiary/aromatic N) is 2. The van der Waals surface area contributed by atoms with Crippen LogP contribution in [0.4, 0.5) is 5.13 Å². The predicted octanol–water partition coefficient (Wildman–Crippen LogP) is 1.73. The minimum absolute atomic E-state index is 0.473. The Morgan fingerprint density at radius 2 is 2.12 bits per heavy atom. The highest BCUT2D eigenvalue weighted by Crippen LogP contribution is 2.27. The van der Waals surface area contributed by atoms with Crippen LogP contribution in [0.3, 0.4) is 0 Å². The van der Waals surface area contributed by atoms with Crippen LogP contribution >= 0.6 is 11.3 Å². The number of H-pyrrole nitrogens is 1. The maximum Gasteiger partial charge on any atom is 0.203 e. The smallest absolute Gasteiger partial charge is 0.203 e. The van der Waals surface area contributed by atoms with Crippen molar-refractivity contribution in [2.24, 2.45) is 5.73 Å². The molecule has 0 spiro atoms. The predicted molar refractivity (Wildman–Crippen MR) is 69.5 cm³/mol. The standard InChI is InChI=1S/C11H11N5S/c12-5-6-1-2-8-7(3-6)4-9(14-8)10-15-16-11(13)17-10/h1-4,14H,5,12H2,(H2,13,16). The molecule has 0 aliphatic heterocycles. The van der Waals surface area contributed by atoms with Crippen LogP contribution in [0.15, 0.2) is 24.3 Å². The SMILES string of the molecule is NCc1ccc2[nH]c(-c3nnc(N)s3)cc2c1. The minimum Gasteiger partial charge on any atom is -0.374 e. The van der Waals surface area contributed by atoms with Gasteiger partial charge in [-0.2, -0.15) is 0 Å². The second kappa shape index (κ2) is 3.83. The molecule has 0 atom stereocenters. The molecule has 86 valence electrons. The first-order valence-corrected chi connectivity index (χ1v) is 5.99. The van der Waals surface area contributed by atoms with E-state index in [4.69, 9.17) is 11.5 Å². The number of nitrogens with two attached hydrogens (primary N) is 2. The van der Waals surface area contributed by atoms with E-state index >= 15 is 0 Å². The summed E-state index contributed by atoms with van der Waals surface area (Å²) >= 11 is 1.37. The van der Waals surface area contributed by atoms with E-state index in [9.17, 15) is 0 Å². The molecule has 0 saturated carbocycles. The van der Waals surface area contributed by atoms with E-state index in [-0.39, 0.29) is 0 Å². The van der Waals surface area contributed by atoms with Crippen molar-refractivity contribution >= 4 is 27.4 Å². The van der Waals surface area contributed by atoms with E-state index in [0.29, 0.717) is 11.7 Å². The van der Waals surface area contributed by atoms with Gasteiger partial charge in [0, 0.05) is 17.4 Å². The lowest BCUT2D eigenvalue weighted by atomic mass is 10.1. The van der Waals surface area contributed by atoms with Gasteiger partial charge >= 0.3 is 0 Å². The number of aromatic amines is 1. The van der Waals surface area contributed by atoms with Gasteiger partial charge in [-0.25, -0.2) is 0 Å². The summed E-state index contributed by atoms with van der Waals surface area (Å²) in [4.78, 5) is 3.29. The molecule has 0 unspecified atom stereocenters. The van der Waals surface area contributed by atoms with Crippen molar-refractivity contribution in [1.29, 1.82) is 0 Å². The molecule has 3 rings (SSSR count). The molecule has 1 aromatic carbocycles. The molecule has 0 radical (unpaired) electrons. The Hall–Kier alpha value is -1.92. The Kier molecular flexibility index (Phi) is 2.31. The summed E-state index contributed by atoms with van der Waals surface area (Å²) in [7, 11) is 0. The third kappa shape index (κ3) is 1.77. The summed E-state index contributed by atoms with van der Waals surface area (Å²) < 4.78 is 0. The van der Waals surface area contributed by atoms with E-state index < -0.39 is 0 Å². The Morgan fingerprint density at radius 1 is 1.24 bits per heavy atom. The van der Waals surface area contributed by atoms with E-state index in [2.05, 4.69) is 21.2 Å². The fourth-order valence-electron chi connectivity index (χ4n) is 1.77. The van der Waals surface area contributed by atoms with Crippen molar-refractivity contribution in [2.45, 2.75) is 6.54 Å². The number of hydrogen-bond acceptors (Lipinski definition) is 5. The van der Waals surface area contributed by atoms with E-state index in [1.807, 2.05) is 18.2 Å².